The second kappa shape index (κ2) is 5.29. The summed E-state index contributed by atoms with van der Waals surface area (Å²) >= 11 is 5.83. The Morgan fingerprint density at radius 3 is 2.05 bits per heavy atom. The molecular formula is C17H17ClO2. The number of aromatic hydroxyl groups is 1. The van der Waals surface area contributed by atoms with Gasteiger partial charge >= 0.3 is 0 Å². The third-order valence-corrected chi connectivity index (χ3v) is 3.53. The molecule has 0 heterocycles. The lowest BCUT2D eigenvalue weighted by molar-refractivity contribution is 0.103. The molecule has 0 aliphatic rings. The fraction of sp³-hybridized carbons (Fsp3) is 0.235. The van der Waals surface area contributed by atoms with E-state index < -0.39 is 0 Å². The molecule has 104 valence electrons. The second-order valence-corrected chi connectivity index (χ2v) is 6.23. The molecule has 0 atom stereocenters. The minimum atomic E-state index is -0.104. The van der Waals surface area contributed by atoms with Crippen molar-refractivity contribution in [3.63, 3.8) is 0 Å². The molecule has 20 heavy (non-hydrogen) atoms. The zero-order chi connectivity index (χ0) is 14.9. The summed E-state index contributed by atoms with van der Waals surface area (Å²) in [5, 5.41) is 9.56. The topological polar surface area (TPSA) is 37.3 Å². The second-order valence-electron chi connectivity index (χ2n) is 5.82. The van der Waals surface area contributed by atoms with Crippen molar-refractivity contribution in [2.45, 2.75) is 26.2 Å². The number of halogens is 1. The lowest BCUT2D eigenvalue weighted by Crippen LogP contribution is -2.11. The molecule has 0 aliphatic heterocycles. The van der Waals surface area contributed by atoms with Crippen LogP contribution in [0.1, 0.15) is 42.3 Å². The Hall–Kier alpha value is -1.80. The Bertz CT molecular complexity index is 637. The minimum absolute atomic E-state index is 0.0219. The highest BCUT2D eigenvalue weighted by molar-refractivity contribution is 6.32. The molecule has 2 nitrogen and oxygen atoms in total. The number of rotatable bonds is 2. The number of phenolic OH excluding ortho intramolecular Hbond substituents is 1. The minimum Gasteiger partial charge on any atom is -0.506 e. The van der Waals surface area contributed by atoms with E-state index >= 15 is 0 Å². The predicted octanol–water partition coefficient (Wildman–Crippen LogP) is 4.57. The van der Waals surface area contributed by atoms with Crippen LogP contribution in [0.5, 0.6) is 5.75 Å². The Morgan fingerprint density at radius 2 is 1.55 bits per heavy atom. The molecule has 0 aromatic heterocycles. The van der Waals surface area contributed by atoms with Crippen LogP contribution < -0.4 is 0 Å². The van der Waals surface area contributed by atoms with Gasteiger partial charge in [0.2, 0.25) is 0 Å². The highest BCUT2D eigenvalue weighted by Crippen LogP contribution is 2.26. The number of benzene rings is 2. The molecule has 0 aliphatic carbocycles. The normalized spacial score (nSPS) is 11.4. The summed E-state index contributed by atoms with van der Waals surface area (Å²) in [4.78, 5) is 12.3. The maximum absolute atomic E-state index is 12.3. The first-order valence-electron chi connectivity index (χ1n) is 6.43. The van der Waals surface area contributed by atoms with Crippen LogP contribution in [0.15, 0.2) is 42.5 Å². The predicted molar refractivity (Wildman–Crippen MR) is 81.7 cm³/mol. The van der Waals surface area contributed by atoms with Crippen molar-refractivity contribution in [2.75, 3.05) is 0 Å². The van der Waals surface area contributed by atoms with Crippen molar-refractivity contribution >= 4 is 17.4 Å². The van der Waals surface area contributed by atoms with Crippen LogP contribution in [-0.4, -0.2) is 10.9 Å². The Morgan fingerprint density at radius 1 is 1.00 bits per heavy atom. The van der Waals surface area contributed by atoms with E-state index in [4.69, 9.17) is 11.6 Å². The Labute approximate surface area is 124 Å². The van der Waals surface area contributed by atoms with Crippen LogP contribution in [0.3, 0.4) is 0 Å². The molecule has 0 fully saturated rings. The van der Waals surface area contributed by atoms with Crippen LogP contribution in [0, 0.1) is 0 Å². The lowest BCUT2D eigenvalue weighted by Gasteiger charge is -2.19. The van der Waals surface area contributed by atoms with Gasteiger partial charge < -0.3 is 5.11 Å². The van der Waals surface area contributed by atoms with E-state index in [1.165, 1.54) is 17.7 Å². The first-order chi connectivity index (χ1) is 9.29. The summed E-state index contributed by atoms with van der Waals surface area (Å²) in [5.74, 6) is -0.126. The van der Waals surface area contributed by atoms with E-state index in [1.807, 2.05) is 24.3 Å². The van der Waals surface area contributed by atoms with Gasteiger partial charge in [-0.15, -0.1) is 0 Å². The van der Waals surface area contributed by atoms with Crippen molar-refractivity contribution < 1.29 is 9.90 Å². The van der Waals surface area contributed by atoms with Gasteiger partial charge in [-0.05, 0) is 29.2 Å². The molecule has 1 N–H and O–H groups in total. The van der Waals surface area contributed by atoms with Gasteiger partial charge in [-0.1, -0.05) is 56.6 Å². The molecular weight excluding hydrogens is 272 g/mol. The molecule has 0 saturated carbocycles. The summed E-state index contributed by atoms with van der Waals surface area (Å²) < 4.78 is 0. The molecule has 0 saturated heterocycles. The van der Waals surface area contributed by atoms with Crippen molar-refractivity contribution in [3.05, 3.63) is 64.2 Å². The molecule has 0 bridgehead atoms. The van der Waals surface area contributed by atoms with Gasteiger partial charge in [0.05, 0.1) is 5.02 Å². The molecule has 2 rings (SSSR count). The highest BCUT2D eigenvalue weighted by atomic mass is 35.5. The average Bonchev–Trinajstić information content (AvgIpc) is 2.40. The Balaban J connectivity index is 2.31. The SMILES string of the molecule is CC(C)(C)c1ccc(C(=O)c2ccc(O)c(Cl)c2)cc1. The van der Waals surface area contributed by atoms with Crippen LogP contribution in [0.2, 0.25) is 5.02 Å². The van der Waals surface area contributed by atoms with Crippen molar-refractivity contribution in [1.82, 2.24) is 0 Å². The summed E-state index contributed by atoms with van der Waals surface area (Å²) in [6.07, 6.45) is 0. The van der Waals surface area contributed by atoms with E-state index in [0.717, 1.165) is 0 Å². The average molecular weight is 289 g/mol. The molecule has 2 aromatic rings. The highest BCUT2D eigenvalue weighted by Gasteiger charge is 2.15. The number of hydrogen-bond donors (Lipinski definition) is 1. The zero-order valence-corrected chi connectivity index (χ0v) is 12.5. The van der Waals surface area contributed by atoms with Crippen LogP contribution in [-0.2, 0) is 5.41 Å². The van der Waals surface area contributed by atoms with Gasteiger partial charge in [-0.3, -0.25) is 4.79 Å². The number of phenols is 1. The van der Waals surface area contributed by atoms with Gasteiger partial charge in [0.25, 0.3) is 0 Å². The maximum atomic E-state index is 12.3. The lowest BCUT2D eigenvalue weighted by atomic mass is 9.86. The summed E-state index contributed by atoms with van der Waals surface area (Å²) in [6, 6.07) is 12.1. The van der Waals surface area contributed by atoms with Crippen LogP contribution in [0.4, 0.5) is 0 Å². The fourth-order valence-electron chi connectivity index (χ4n) is 1.94. The van der Waals surface area contributed by atoms with E-state index in [1.54, 1.807) is 6.07 Å². The van der Waals surface area contributed by atoms with Crippen molar-refractivity contribution in [3.8, 4) is 5.75 Å². The molecule has 0 spiro atoms. The fourth-order valence-corrected chi connectivity index (χ4v) is 2.12. The number of ketones is 1. The van der Waals surface area contributed by atoms with E-state index in [-0.39, 0.29) is 22.0 Å². The molecule has 0 radical (unpaired) electrons. The summed E-state index contributed by atoms with van der Waals surface area (Å²) in [5.41, 5.74) is 2.32. The van der Waals surface area contributed by atoms with E-state index in [9.17, 15) is 9.90 Å². The van der Waals surface area contributed by atoms with Crippen molar-refractivity contribution in [2.24, 2.45) is 0 Å². The number of carbonyl (C=O) groups excluding carboxylic acids is 1. The van der Waals surface area contributed by atoms with Gasteiger partial charge in [-0.2, -0.15) is 0 Å². The van der Waals surface area contributed by atoms with Gasteiger partial charge in [-0.25, -0.2) is 0 Å². The van der Waals surface area contributed by atoms with Crippen molar-refractivity contribution in [1.29, 1.82) is 0 Å². The standard InChI is InChI=1S/C17H17ClO2/c1-17(2,3)13-7-4-11(5-8-13)16(20)12-6-9-15(19)14(18)10-12/h4-10,19H,1-3H3. The third-order valence-electron chi connectivity index (χ3n) is 3.22. The van der Waals surface area contributed by atoms with Crippen LogP contribution >= 0.6 is 11.6 Å². The maximum Gasteiger partial charge on any atom is 0.193 e. The largest absolute Gasteiger partial charge is 0.506 e. The number of hydrogen-bond acceptors (Lipinski definition) is 2. The van der Waals surface area contributed by atoms with Gasteiger partial charge in [0.15, 0.2) is 5.78 Å². The molecule has 2 aromatic carbocycles. The van der Waals surface area contributed by atoms with Crippen LogP contribution in [0.25, 0.3) is 0 Å². The molecule has 0 unspecified atom stereocenters. The molecule has 0 amide bonds. The smallest absolute Gasteiger partial charge is 0.193 e. The Kier molecular flexibility index (Phi) is 3.87. The van der Waals surface area contributed by atoms with Gasteiger partial charge in [0.1, 0.15) is 5.75 Å². The molecule has 3 heteroatoms. The van der Waals surface area contributed by atoms with E-state index in [0.29, 0.717) is 11.1 Å². The monoisotopic (exact) mass is 288 g/mol. The first kappa shape index (κ1) is 14.6. The summed E-state index contributed by atoms with van der Waals surface area (Å²) in [6.45, 7) is 6.39. The van der Waals surface area contributed by atoms with E-state index in [2.05, 4.69) is 20.8 Å². The van der Waals surface area contributed by atoms with Gasteiger partial charge in [0, 0.05) is 11.1 Å². The third kappa shape index (κ3) is 3.02. The summed E-state index contributed by atoms with van der Waals surface area (Å²) in [7, 11) is 0. The zero-order valence-electron chi connectivity index (χ0n) is 11.8. The quantitative estimate of drug-likeness (QED) is 0.822. The first-order valence-corrected chi connectivity index (χ1v) is 6.80. The number of carbonyl (C=O) groups is 1.